The Morgan fingerprint density at radius 2 is 1.67 bits per heavy atom. The number of hydrogen-bond acceptors (Lipinski definition) is 2. The van der Waals surface area contributed by atoms with E-state index in [1.807, 2.05) is 4.90 Å². The molecule has 1 heterocycles. The first kappa shape index (κ1) is 15.5. The molecule has 1 aliphatic rings. The van der Waals surface area contributed by atoms with Crippen LogP contribution in [0.15, 0.2) is 0 Å². The molecule has 3 heteroatoms. The van der Waals surface area contributed by atoms with Crippen LogP contribution in [0.1, 0.15) is 71.6 Å². The fraction of sp³-hybridized carbons (Fsp3) is 0.933. The summed E-state index contributed by atoms with van der Waals surface area (Å²) in [5.41, 5.74) is 0. The van der Waals surface area contributed by atoms with Crippen molar-refractivity contribution < 1.29 is 4.79 Å². The second kappa shape index (κ2) is 9.37. The molecule has 1 unspecified atom stereocenters. The predicted octanol–water partition coefficient (Wildman–Crippen LogP) is 3.30. The Labute approximate surface area is 112 Å². The average molecular weight is 254 g/mol. The van der Waals surface area contributed by atoms with E-state index in [4.69, 9.17) is 0 Å². The van der Waals surface area contributed by atoms with Crippen LogP contribution in [0.25, 0.3) is 0 Å². The van der Waals surface area contributed by atoms with Crippen molar-refractivity contribution in [2.75, 3.05) is 13.1 Å². The Hall–Kier alpha value is -0.570. The van der Waals surface area contributed by atoms with Crippen molar-refractivity contribution in [3.63, 3.8) is 0 Å². The molecule has 1 amide bonds. The molecule has 18 heavy (non-hydrogen) atoms. The van der Waals surface area contributed by atoms with Crippen molar-refractivity contribution in [1.82, 2.24) is 10.2 Å². The fourth-order valence-corrected chi connectivity index (χ4v) is 2.65. The van der Waals surface area contributed by atoms with E-state index in [-0.39, 0.29) is 5.91 Å². The largest absolute Gasteiger partial charge is 0.326 e. The van der Waals surface area contributed by atoms with E-state index in [1.165, 1.54) is 44.9 Å². The van der Waals surface area contributed by atoms with Gasteiger partial charge in [-0.25, -0.2) is 0 Å². The highest BCUT2D eigenvalue weighted by atomic mass is 16.2. The van der Waals surface area contributed by atoms with Gasteiger partial charge in [-0.05, 0) is 12.8 Å². The molecule has 1 N–H and O–H groups in total. The van der Waals surface area contributed by atoms with Crippen LogP contribution in [0.2, 0.25) is 0 Å². The number of nitrogens with zero attached hydrogens (tertiary/aromatic N) is 1. The molecule has 106 valence electrons. The number of nitrogens with one attached hydrogen (secondary N) is 1. The van der Waals surface area contributed by atoms with E-state index < -0.39 is 0 Å². The maximum Gasteiger partial charge on any atom is 0.237 e. The minimum absolute atomic E-state index is 0.282. The van der Waals surface area contributed by atoms with E-state index in [0.717, 1.165) is 19.4 Å². The van der Waals surface area contributed by atoms with Crippen molar-refractivity contribution in [2.45, 2.75) is 77.8 Å². The zero-order valence-corrected chi connectivity index (χ0v) is 12.2. The normalized spacial score (nSPS) is 19.8. The van der Waals surface area contributed by atoms with Gasteiger partial charge in [0.05, 0.1) is 12.7 Å². The predicted molar refractivity (Wildman–Crippen MR) is 76.4 cm³/mol. The van der Waals surface area contributed by atoms with Gasteiger partial charge in [0.2, 0.25) is 5.91 Å². The molecule has 0 spiro atoms. The van der Waals surface area contributed by atoms with Gasteiger partial charge in [-0.3, -0.25) is 10.1 Å². The summed E-state index contributed by atoms with van der Waals surface area (Å²) in [5, 5.41) is 3.26. The van der Waals surface area contributed by atoms with Crippen LogP contribution in [-0.2, 0) is 4.79 Å². The summed E-state index contributed by atoms with van der Waals surface area (Å²) in [7, 11) is 0. The highest BCUT2D eigenvalue weighted by Gasteiger charge is 2.27. The third kappa shape index (κ3) is 5.38. The molecule has 0 aromatic carbocycles. The number of hydrogen-bond donors (Lipinski definition) is 1. The Bertz CT molecular complexity index is 231. The lowest BCUT2D eigenvalue weighted by Crippen LogP contribution is -2.37. The summed E-state index contributed by atoms with van der Waals surface area (Å²) in [6.07, 6.45) is 11.9. The van der Waals surface area contributed by atoms with Gasteiger partial charge in [-0.15, -0.1) is 0 Å². The Kier molecular flexibility index (Phi) is 8.06. The van der Waals surface area contributed by atoms with Crippen LogP contribution in [-0.4, -0.2) is 30.1 Å². The highest BCUT2D eigenvalue weighted by Crippen LogP contribution is 2.12. The van der Waals surface area contributed by atoms with Crippen molar-refractivity contribution in [3.8, 4) is 0 Å². The van der Waals surface area contributed by atoms with Crippen LogP contribution < -0.4 is 5.32 Å². The van der Waals surface area contributed by atoms with Gasteiger partial charge in [-0.1, -0.05) is 58.8 Å². The number of unbranched alkanes of at least 4 members (excludes halogenated alkanes) is 7. The molecule has 0 bridgehead atoms. The van der Waals surface area contributed by atoms with Gasteiger partial charge in [0.15, 0.2) is 0 Å². The minimum atomic E-state index is 0.282. The van der Waals surface area contributed by atoms with Crippen molar-refractivity contribution >= 4 is 5.91 Å². The van der Waals surface area contributed by atoms with Gasteiger partial charge in [0.1, 0.15) is 0 Å². The van der Waals surface area contributed by atoms with Gasteiger partial charge in [-0.2, -0.15) is 0 Å². The molecule has 0 aliphatic carbocycles. The molecule has 1 rings (SSSR count). The van der Waals surface area contributed by atoms with E-state index in [0.29, 0.717) is 12.7 Å². The lowest BCUT2D eigenvalue weighted by Gasteiger charge is -2.23. The van der Waals surface area contributed by atoms with Crippen LogP contribution in [0.3, 0.4) is 0 Å². The van der Waals surface area contributed by atoms with Crippen molar-refractivity contribution in [3.05, 3.63) is 0 Å². The Morgan fingerprint density at radius 3 is 2.28 bits per heavy atom. The van der Waals surface area contributed by atoms with E-state index in [1.54, 1.807) is 0 Å². The van der Waals surface area contributed by atoms with Crippen LogP contribution >= 0.6 is 0 Å². The second-order valence-corrected chi connectivity index (χ2v) is 5.37. The van der Waals surface area contributed by atoms with E-state index >= 15 is 0 Å². The summed E-state index contributed by atoms with van der Waals surface area (Å²) < 4.78 is 0. The van der Waals surface area contributed by atoms with E-state index in [9.17, 15) is 4.79 Å². The summed E-state index contributed by atoms with van der Waals surface area (Å²) in [5.74, 6) is 0.282. The van der Waals surface area contributed by atoms with E-state index in [2.05, 4.69) is 19.2 Å². The molecule has 1 atom stereocenters. The van der Waals surface area contributed by atoms with Gasteiger partial charge in [0.25, 0.3) is 0 Å². The van der Waals surface area contributed by atoms with Gasteiger partial charge < -0.3 is 4.90 Å². The van der Waals surface area contributed by atoms with Crippen molar-refractivity contribution in [1.29, 1.82) is 0 Å². The molecule has 0 radical (unpaired) electrons. The second-order valence-electron chi connectivity index (χ2n) is 5.37. The molecule has 0 aromatic heterocycles. The maximum absolute atomic E-state index is 11.6. The molecular weight excluding hydrogens is 224 g/mol. The quantitative estimate of drug-likeness (QED) is 0.607. The van der Waals surface area contributed by atoms with Gasteiger partial charge >= 0.3 is 0 Å². The monoisotopic (exact) mass is 254 g/mol. The smallest absolute Gasteiger partial charge is 0.237 e. The van der Waals surface area contributed by atoms with Crippen LogP contribution in [0, 0.1) is 0 Å². The van der Waals surface area contributed by atoms with Crippen LogP contribution in [0.5, 0.6) is 0 Å². The first-order valence-corrected chi connectivity index (χ1v) is 7.82. The number of amides is 1. The first-order chi connectivity index (χ1) is 8.79. The molecule has 0 aromatic rings. The zero-order valence-electron chi connectivity index (χ0n) is 12.2. The highest BCUT2D eigenvalue weighted by molar-refractivity contribution is 5.80. The summed E-state index contributed by atoms with van der Waals surface area (Å²) >= 11 is 0. The summed E-state index contributed by atoms with van der Waals surface area (Å²) in [4.78, 5) is 13.7. The van der Waals surface area contributed by atoms with Crippen molar-refractivity contribution in [2.24, 2.45) is 0 Å². The standard InChI is InChI=1S/C15H30N2O/c1-3-5-6-7-8-9-10-11-12-17-14(4-2)16-13-15(17)18/h14,16H,3-13H2,1-2H3. The summed E-state index contributed by atoms with van der Waals surface area (Å²) in [6.45, 7) is 5.87. The third-order valence-electron chi connectivity index (χ3n) is 3.82. The summed E-state index contributed by atoms with van der Waals surface area (Å²) in [6, 6.07) is 0. The molecule has 3 nitrogen and oxygen atoms in total. The van der Waals surface area contributed by atoms with Crippen LogP contribution in [0.4, 0.5) is 0 Å². The zero-order chi connectivity index (χ0) is 13.2. The third-order valence-corrected chi connectivity index (χ3v) is 3.82. The number of carbonyl (C=O) groups excluding carboxylic acids is 1. The Morgan fingerprint density at radius 1 is 1.06 bits per heavy atom. The fourth-order valence-electron chi connectivity index (χ4n) is 2.65. The molecule has 1 saturated heterocycles. The average Bonchev–Trinajstić information content (AvgIpc) is 2.73. The number of rotatable bonds is 10. The molecule has 0 saturated carbocycles. The lowest BCUT2D eigenvalue weighted by molar-refractivity contribution is -0.128. The molecule has 1 aliphatic heterocycles. The first-order valence-electron chi connectivity index (χ1n) is 7.82. The molecular formula is C15H30N2O. The SMILES string of the molecule is CCCCCCCCCCN1C(=O)CNC1CC. The number of carbonyl (C=O) groups is 1. The Balaban J connectivity index is 1.98. The molecule has 1 fully saturated rings. The van der Waals surface area contributed by atoms with Gasteiger partial charge in [0, 0.05) is 6.54 Å². The maximum atomic E-state index is 11.6. The lowest BCUT2D eigenvalue weighted by atomic mass is 10.1. The topological polar surface area (TPSA) is 32.3 Å². The minimum Gasteiger partial charge on any atom is -0.326 e.